The molecule has 1 heterocycles. The fraction of sp³-hybridized carbons (Fsp3) is 0.375. The normalized spacial score (nSPS) is 12.0. The van der Waals surface area contributed by atoms with Crippen LogP contribution in [-0.4, -0.2) is 41.4 Å². The van der Waals surface area contributed by atoms with E-state index in [1.165, 1.54) is 0 Å². The number of hydrogen-bond acceptors (Lipinski definition) is 3. The molecule has 0 unspecified atom stereocenters. The fourth-order valence-electron chi connectivity index (χ4n) is 2.26. The molecule has 0 aliphatic rings. The topological polar surface area (TPSA) is 59.4 Å². The van der Waals surface area contributed by atoms with Gasteiger partial charge in [-0.05, 0) is 17.7 Å². The Morgan fingerprint density at radius 1 is 1.52 bits per heavy atom. The van der Waals surface area contributed by atoms with Crippen LogP contribution in [0.4, 0.5) is 4.79 Å². The minimum absolute atomic E-state index is 0.169. The molecule has 6 nitrogen and oxygen atoms in total. The van der Waals surface area contributed by atoms with Crippen LogP contribution in [-0.2, 0) is 18.3 Å². The quantitative estimate of drug-likeness (QED) is 0.882. The lowest BCUT2D eigenvalue weighted by Crippen LogP contribution is -2.39. The van der Waals surface area contributed by atoms with E-state index in [2.05, 4.69) is 10.4 Å². The number of rotatable bonds is 6. The molecule has 1 aromatic heterocycles. The molecule has 0 saturated heterocycles. The number of aryl methyl sites for hydroxylation is 1. The average molecular weight is 337 g/mol. The van der Waals surface area contributed by atoms with Crippen LogP contribution in [0.15, 0.2) is 36.7 Å². The van der Waals surface area contributed by atoms with Gasteiger partial charge < -0.3 is 15.0 Å². The number of methoxy groups -OCH3 is 1. The minimum Gasteiger partial charge on any atom is -0.375 e. The van der Waals surface area contributed by atoms with Crippen molar-refractivity contribution in [3.63, 3.8) is 0 Å². The molecular formula is C16H21ClN4O2. The Kier molecular flexibility index (Phi) is 6.01. The van der Waals surface area contributed by atoms with Crippen molar-refractivity contribution in [3.05, 3.63) is 52.8 Å². The van der Waals surface area contributed by atoms with Gasteiger partial charge in [0.1, 0.15) is 0 Å². The van der Waals surface area contributed by atoms with E-state index < -0.39 is 0 Å². The number of urea groups is 1. The first kappa shape index (κ1) is 17.3. The van der Waals surface area contributed by atoms with E-state index >= 15 is 0 Å². The summed E-state index contributed by atoms with van der Waals surface area (Å²) in [4.78, 5) is 13.8. The minimum atomic E-state index is -0.246. The van der Waals surface area contributed by atoms with Crippen LogP contribution < -0.4 is 5.32 Å². The second-order valence-corrected chi connectivity index (χ2v) is 5.78. The van der Waals surface area contributed by atoms with Gasteiger partial charge in [0.2, 0.25) is 0 Å². The fourth-order valence-corrected chi connectivity index (χ4v) is 2.46. The highest BCUT2D eigenvalue weighted by atomic mass is 35.5. The third-order valence-electron chi connectivity index (χ3n) is 3.47. The summed E-state index contributed by atoms with van der Waals surface area (Å²) in [5.74, 6) is 0. The van der Waals surface area contributed by atoms with Crippen molar-refractivity contribution in [1.82, 2.24) is 20.0 Å². The molecule has 1 N–H and O–H groups in total. The van der Waals surface area contributed by atoms with E-state index in [1.54, 1.807) is 36.0 Å². The molecule has 7 heteroatoms. The highest BCUT2D eigenvalue weighted by Crippen LogP contribution is 2.19. The second-order valence-electron chi connectivity index (χ2n) is 5.34. The first-order valence-corrected chi connectivity index (χ1v) is 7.62. The highest BCUT2D eigenvalue weighted by molar-refractivity contribution is 6.30. The summed E-state index contributed by atoms with van der Waals surface area (Å²) in [5.41, 5.74) is 1.90. The first-order valence-electron chi connectivity index (χ1n) is 7.24. The van der Waals surface area contributed by atoms with E-state index in [4.69, 9.17) is 16.3 Å². The number of nitrogens with one attached hydrogen (secondary N) is 1. The number of amides is 2. The zero-order chi connectivity index (χ0) is 16.8. The third kappa shape index (κ3) is 4.97. The van der Waals surface area contributed by atoms with Crippen LogP contribution in [0.2, 0.25) is 5.02 Å². The summed E-state index contributed by atoms with van der Waals surface area (Å²) in [7, 11) is 5.19. The molecule has 0 saturated carbocycles. The van der Waals surface area contributed by atoms with Gasteiger partial charge in [-0.3, -0.25) is 4.68 Å². The summed E-state index contributed by atoms with van der Waals surface area (Å²) in [6.07, 6.45) is 3.38. The van der Waals surface area contributed by atoms with Crippen LogP contribution in [0, 0.1) is 0 Å². The SMILES string of the molecule is CO[C@H](CNC(=O)N(C)Cc1cnn(C)c1)c1cccc(Cl)c1. The third-order valence-corrected chi connectivity index (χ3v) is 3.70. The van der Waals surface area contributed by atoms with Gasteiger partial charge in [0.15, 0.2) is 0 Å². The second kappa shape index (κ2) is 7.99. The summed E-state index contributed by atoms with van der Waals surface area (Å²) >= 11 is 5.99. The molecule has 0 spiro atoms. The Morgan fingerprint density at radius 3 is 2.91 bits per heavy atom. The summed E-state index contributed by atoms with van der Waals surface area (Å²) in [6.45, 7) is 0.863. The van der Waals surface area contributed by atoms with Gasteiger partial charge in [0, 0.05) is 44.5 Å². The Morgan fingerprint density at radius 2 is 2.30 bits per heavy atom. The van der Waals surface area contributed by atoms with Crippen molar-refractivity contribution >= 4 is 17.6 Å². The van der Waals surface area contributed by atoms with Crippen molar-refractivity contribution in [3.8, 4) is 0 Å². The van der Waals surface area contributed by atoms with E-state index in [0.29, 0.717) is 18.1 Å². The van der Waals surface area contributed by atoms with Gasteiger partial charge in [0.05, 0.1) is 18.8 Å². The molecule has 0 radical (unpaired) electrons. The van der Waals surface area contributed by atoms with Gasteiger partial charge in [-0.2, -0.15) is 5.10 Å². The Hall–Kier alpha value is -2.05. The van der Waals surface area contributed by atoms with E-state index in [9.17, 15) is 4.79 Å². The summed E-state index contributed by atoms with van der Waals surface area (Å²) in [5, 5.41) is 7.60. The molecule has 2 aromatic rings. The predicted octanol–water partition coefficient (Wildman–Crippen LogP) is 2.60. The highest BCUT2D eigenvalue weighted by Gasteiger charge is 2.15. The van der Waals surface area contributed by atoms with Gasteiger partial charge in [0.25, 0.3) is 0 Å². The molecule has 2 amide bonds. The van der Waals surface area contributed by atoms with Gasteiger partial charge in [-0.15, -0.1) is 0 Å². The lowest BCUT2D eigenvalue weighted by atomic mass is 10.1. The number of hydrogen-bond donors (Lipinski definition) is 1. The van der Waals surface area contributed by atoms with Crippen LogP contribution in [0.25, 0.3) is 0 Å². The summed E-state index contributed by atoms with van der Waals surface area (Å²) in [6, 6.07) is 7.25. The largest absolute Gasteiger partial charge is 0.375 e. The maximum Gasteiger partial charge on any atom is 0.317 e. The zero-order valence-electron chi connectivity index (χ0n) is 13.5. The molecule has 0 fully saturated rings. The predicted molar refractivity (Wildman–Crippen MR) is 89.3 cm³/mol. The standard InChI is InChI=1S/C16H21ClN4O2/c1-20(10-12-8-19-21(2)11-12)16(22)18-9-15(23-3)13-5-4-6-14(17)7-13/h4-8,11,15H,9-10H2,1-3H3,(H,18,22)/t15-/m1/s1. The number of carbonyl (C=O) groups is 1. The van der Waals surface area contributed by atoms with Crippen molar-refractivity contribution in [2.45, 2.75) is 12.6 Å². The molecule has 0 aliphatic heterocycles. The Balaban J connectivity index is 1.89. The molecule has 23 heavy (non-hydrogen) atoms. The van der Waals surface area contributed by atoms with Crippen molar-refractivity contribution in [1.29, 1.82) is 0 Å². The maximum atomic E-state index is 12.2. The molecule has 124 valence electrons. The molecule has 0 bridgehead atoms. The lowest BCUT2D eigenvalue weighted by molar-refractivity contribution is 0.102. The van der Waals surface area contributed by atoms with Crippen LogP contribution in [0.5, 0.6) is 0 Å². The smallest absolute Gasteiger partial charge is 0.317 e. The number of aromatic nitrogens is 2. The maximum absolute atomic E-state index is 12.2. The van der Waals surface area contributed by atoms with Crippen LogP contribution in [0.1, 0.15) is 17.2 Å². The number of carbonyl (C=O) groups excluding carboxylic acids is 1. The van der Waals surface area contributed by atoms with Crippen molar-refractivity contribution in [2.75, 3.05) is 20.7 Å². The van der Waals surface area contributed by atoms with E-state index in [0.717, 1.165) is 11.1 Å². The van der Waals surface area contributed by atoms with Gasteiger partial charge in [-0.25, -0.2) is 4.79 Å². The number of ether oxygens (including phenoxy) is 1. The molecule has 1 atom stereocenters. The monoisotopic (exact) mass is 336 g/mol. The molecular weight excluding hydrogens is 316 g/mol. The van der Waals surface area contributed by atoms with Crippen LogP contribution in [0.3, 0.4) is 0 Å². The van der Waals surface area contributed by atoms with Crippen molar-refractivity contribution in [2.24, 2.45) is 7.05 Å². The number of benzene rings is 1. The van der Waals surface area contributed by atoms with E-state index in [1.807, 2.05) is 31.4 Å². The number of nitrogens with zero attached hydrogens (tertiary/aromatic N) is 3. The zero-order valence-corrected chi connectivity index (χ0v) is 14.2. The Labute approximate surface area is 141 Å². The molecule has 2 rings (SSSR count). The number of halogens is 1. The van der Waals surface area contributed by atoms with Gasteiger partial charge >= 0.3 is 6.03 Å². The van der Waals surface area contributed by atoms with Crippen LogP contribution >= 0.6 is 11.6 Å². The average Bonchev–Trinajstić information content (AvgIpc) is 2.92. The van der Waals surface area contributed by atoms with Gasteiger partial charge in [-0.1, -0.05) is 23.7 Å². The summed E-state index contributed by atoms with van der Waals surface area (Å²) < 4.78 is 7.15. The Bertz CT molecular complexity index is 659. The molecule has 1 aromatic carbocycles. The first-order chi connectivity index (χ1) is 11.0. The molecule has 0 aliphatic carbocycles. The van der Waals surface area contributed by atoms with Crippen molar-refractivity contribution < 1.29 is 9.53 Å². The van der Waals surface area contributed by atoms with E-state index in [-0.39, 0.29) is 12.1 Å². The lowest BCUT2D eigenvalue weighted by Gasteiger charge is -2.21.